The number of hydrogen-bond donors (Lipinski definition) is 1. The molecular weight excluding hydrogens is 341 g/mol. The number of carbonyl (C=O) groups excluding carboxylic acids is 1. The van der Waals surface area contributed by atoms with E-state index < -0.39 is 11.8 Å². The second-order valence-corrected chi connectivity index (χ2v) is 6.36. The Labute approximate surface area is 142 Å². The Morgan fingerprint density at radius 1 is 1.52 bits per heavy atom. The molecule has 1 N–H and O–H groups in total. The molecule has 0 radical (unpaired) electrons. The van der Waals surface area contributed by atoms with E-state index in [0.29, 0.717) is 16.5 Å². The smallest absolute Gasteiger partial charge is 0.303 e. The third-order valence-electron chi connectivity index (χ3n) is 3.15. The lowest BCUT2D eigenvalue weighted by molar-refractivity contribution is -0.137. The van der Waals surface area contributed by atoms with E-state index in [2.05, 4.69) is 0 Å². The van der Waals surface area contributed by atoms with Crippen LogP contribution in [0.4, 0.5) is 4.39 Å². The van der Waals surface area contributed by atoms with Gasteiger partial charge in [-0.1, -0.05) is 30.0 Å². The van der Waals surface area contributed by atoms with Crippen molar-refractivity contribution < 1.29 is 23.8 Å². The first kappa shape index (κ1) is 17.4. The van der Waals surface area contributed by atoms with Gasteiger partial charge in [0.15, 0.2) is 0 Å². The summed E-state index contributed by atoms with van der Waals surface area (Å²) in [5.74, 6) is -1.46. The average molecular weight is 355 g/mol. The lowest BCUT2D eigenvalue weighted by atomic mass is 10.1. The van der Waals surface area contributed by atoms with Crippen LogP contribution >= 0.6 is 24.0 Å². The van der Waals surface area contributed by atoms with Gasteiger partial charge < -0.3 is 9.84 Å². The molecule has 0 bridgehead atoms. The lowest BCUT2D eigenvalue weighted by Crippen LogP contribution is -2.29. The molecule has 1 fully saturated rings. The minimum atomic E-state index is -0.929. The van der Waals surface area contributed by atoms with Crippen LogP contribution in [0.2, 0.25) is 0 Å². The van der Waals surface area contributed by atoms with Gasteiger partial charge >= 0.3 is 5.97 Å². The highest BCUT2D eigenvalue weighted by atomic mass is 32.2. The molecule has 0 spiro atoms. The first-order chi connectivity index (χ1) is 10.9. The quantitative estimate of drug-likeness (QED) is 0.625. The van der Waals surface area contributed by atoms with Crippen molar-refractivity contribution in [3.63, 3.8) is 0 Å². The van der Waals surface area contributed by atoms with Gasteiger partial charge in [0.05, 0.1) is 17.6 Å². The minimum absolute atomic E-state index is 0.0444. The summed E-state index contributed by atoms with van der Waals surface area (Å²) < 4.78 is 19.4. The number of ether oxygens (including phenoxy) is 1. The van der Waals surface area contributed by atoms with Crippen molar-refractivity contribution in [2.45, 2.75) is 12.8 Å². The highest BCUT2D eigenvalue weighted by Gasteiger charge is 2.32. The number of benzene rings is 1. The number of carboxylic acid groups (broad SMARTS) is 1. The molecule has 0 aromatic heterocycles. The van der Waals surface area contributed by atoms with Crippen molar-refractivity contribution in [2.24, 2.45) is 0 Å². The number of aliphatic carboxylic acids is 1. The van der Waals surface area contributed by atoms with Crippen LogP contribution < -0.4 is 4.74 Å². The number of amides is 1. The van der Waals surface area contributed by atoms with E-state index in [1.807, 2.05) is 0 Å². The van der Waals surface area contributed by atoms with Crippen molar-refractivity contribution in [1.29, 1.82) is 0 Å². The van der Waals surface area contributed by atoms with Crippen LogP contribution in [0, 0.1) is 5.82 Å². The maximum Gasteiger partial charge on any atom is 0.303 e. The van der Waals surface area contributed by atoms with E-state index in [0.717, 1.165) is 11.8 Å². The molecule has 1 saturated heterocycles. The van der Waals surface area contributed by atoms with E-state index >= 15 is 0 Å². The monoisotopic (exact) mass is 355 g/mol. The van der Waals surface area contributed by atoms with Crippen LogP contribution in [0.5, 0.6) is 5.75 Å². The third kappa shape index (κ3) is 4.08. The fourth-order valence-electron chi connectivity index (χ4n) is 2.05. The lowest BCUT2D eigenvalue weighted by Gasteiger charge is -2.13. The first-order valence-corrected chi connectivity index (χ1v) is 7.96. The molecule has 0 saturated carbocycles. The number of nitrogens with zero attached hydrogens (tertiary/aromatic N) is 1. The second kappa shape index (κ2) is 7.56. The largest absolute Gasteiger partial charge is 0.496 e. The fourth-order valence-corrected chi connectivity index (χ4v) is 3.34. The van der Waals surface area contributed by atoms with Gasteiger partial charge in [-0.15, -0.1) is 0 Å². The van der Waals surface area contributed by atoms with Crippen LogP contribution in [0.15, 0.2) is 23.1 Å². The molecule has 1 amide bonds. The predicted molar refractivity (Wildman–Crippen MR) is 89.7 cm³/mol. The molecule has 1 aromatic carbocycles. The summed E-state index contributed by atoms with van der Waals surface area (Å²) >= 11 is 6.20. The average Bonchev–Trinajstić information content (AvgIpc) is 2.76. The van der Waals surface area contributed by atoms with E-state index in [1.54, 1.807) is 6.07 Å². The topological polar surface area (TPSA) is 66.8 Å². The van der Waals surface area contributed by atoms with Crippen LogP contribution in [0.3, 0.4) is 0 Å². The molecule has 1 aromatic rings. The predicted octanol–water partition coefficient (Wildman–Crippen LogP) is 2.90. The van der Waals surface area contributed by atoms with Crippen LogP contribution in [-0.2, 0) is 9.59 Å². The standard InChI is InChI=1S/C15H14FNO4S2/c1-21-11-5-2-4-10(16)9(11)8-12-14(20)17(15(22)23-12)7-3-6-13(18)19/h2,4-5,8H,3,6-7H2,1H3,(H,18,19). The van der Waals surface area contributed by atoms with Gasteiger partial charge in [0.1, 0.15) is 15.9 Å². The zero-order valence-corrected chi connectivity index (χ0v) is 13.9. The second-order valence-electron chi connectivity index (χ2n) is 4.69. The molecule has 1 heterocycles. The molecule has 23 heavy (non-hydrogen) atoms. The molecule has 122 valence electrons. The van der Waals surface area contributed by atoms with E-state index in [4.69, 9.17) is 22.1 Å². The van der Waals surface area contributed by atoms with Crippen molar-refractivity contribution in [2.75, 3.05) is 13.7 Å². The molecule has 8 heteroatoms. The summed E-state index contributed by atoms with van der Waals surface area (Å²) in [6, 6.07) is 4.40. The summed E-state index contributed by atoms with van der Waals surface area (Å²) in [7, 11) is 1.42. The number of hydrogen-bond acceptors (Lipinski definition) is 5. The summed E-state index contributed by atoms with van der Waals surface area (Å²) in [5, 5.41) is 8.65. The Balaban J connectivity index is 2.20. The Hall–Kier alpha value is -1.93. The fraction of sp³-hybridized carbons (Fsp3) is 0.267. The number of thiocarbonyl (C=S) groups is 1. The Bertz CT molecular complexity index is 690. The molecule has 5 nitrogen and oxygen atoms in total. The molecule has 1 aliphatic rings. The van der Waals surface area contributed by atoms with Crippen molar-refractivity contribution in [3.05, 3.63) is 34.5 Å². The molecule has 0 unspecified atom stereocenters. The Morgan fingerprint density at radius 2 is 2.26 bits per heavy atom. The molecule has 2 rings (SSSR count). The van der Waals surface area contributed by atoms with Gasteiger partial charge in [-0.2, -0.15) is 0 Å². The van der Waals surface area contributed by atoms with Gasteiger partial charge in [0, 0.05) is 13.0 Å². The number of rotatable bonds is 6. The van der Waals surface area contributed by atoms with Crippen molar-refractivity contribution in [3.8, 4) is 5.75 Å². The minimum Gasteiger partial charge on any atom is -0.496 e. The SMILES string of the molecule is COc1cccc(F)c1C=C1SC(=S)N(CCCC(=O)O)C1=O. The third-order valence-corrected chi connectivity index (χ3v) is 4.53. The van der Waals surface area contributed by atoms with E-state index in [1.165, 1.54) is 30.2 Å². The van der Waals surface area contributed by atoms with E-state index in [9.17, 15) is 14.0 Å². The highest BCUT2D eigenvalue weighted by molar-refractivity contribution is 8.26. The van der Waals surface area contributed by atoms with Crippen LogP contribution in [0.1, 0.15) is 18.4 Å². The van der Waals surface area contributed by atoms with Gasteiger partial charge in [0.2, 0.25) is 0 Å². The number of carboxylic acids is 1. The maximum atomic E-state index is 13.9. The summed E-state index contributed by atoms with van der Waals surface area (Å²) in [6.07, 6.45) is 1.67. The van der Waals surface area contributed by atoms with Gasteiger partial charge in [0.25, 0.3) is 5.91 Å². The number of methoxy groups -OCH3 is 1. The molecule has 0 aliphatic carbocycles. The summed E-state index contributed by atoms with van der Waals surface area (Å²) in [4.78, 5) is 24.5. The molecule has 1 aliphatic heterocycles. The van der Waals surface area contributed by atoms with Crippen LogP contribution in [-0.4, -0.2) is 39.9 Å². The Morgan fingerprint density at radius 3 is 2.91 bits per heavy atom. The van der Waals surface area contributed by atoms with Crippen LogP contribution in [0.25, 0.3) is 6.08 Å². The summed E-state index contributed by atoms with van der Waals surface area (Å²) in [6.45, 7) is 0.225. The molecular formula is C15H14FNO4S2. The van der Waals surface area contributed by atoms with Crippen molar-refractivity contribution in [1.82, 2.24) is 4.90 Å². The number of halogens is 1. The van der Waals surface area contributed by atoms with Crippen molar-refractivity contribution >= 4 is 46.3 Å². The number of thioether (sulfide) groups is 1. The van der Waals surface area contributed by atoms with Gasteiger partial charge in [-0.05, 0) is 24.6 Å². The van der Waals surface area contributed by atoms with E-state index in [-0.39, 0.29) is 29.3 Å². The van der Waals surface area contributed by atoms with Gasteiger partial charge in [-0.25, -0.2) is 4.39 Å². The zero-order valence-electron chi connectivity index (χ0n) is 12.2. The molecule has 0 atom stereocenters. The maximum absolute atomic E-state index is 13.9. The van der Waals surface area contributed by atoms with Gasteiger partial charge in [-0.3, -0.25) is 14.5 Å². The normalized spacial score (nSPS) is 16.3. The Kier molecular flexibility index (Phi) is 5.73. The highest BCUT2D eigenvalue weighted by Crippen LogP contribution is 2.35. The first-order valence-electron chi connectivity index (χ1n) is 6.73. The zero-order chi connectivity index (χ0) is 17.0. The summed E-state index contributed by atoms with van der Waals surface area (Å²) in [5.41, 5.74) is 0.182. The number of carbonyl (C=O) groups is 2.